The van der Waals surface area contributed by atoms with E-state index >= 15 is 0 Å². The van der Waals surface area contributed by atoms with Gasteiger partial charge in [0.05, 0.1) is 5.02 Å². The molecule has 4 aromatic carbocycles. The maximum atomic E-state index is 14.8. The maximum Gasteiger partial charge on any atom is 0.410 e. The topological polar surface area (TPSA) is 148 Å². The van der Waals surface area contributed by atoms with Crippen LogP contribution in [0.1, 0.15) is 67.5 Å². The Labute approximate surface area is 383 Å². The quantitative estimate of drug-likeness (QED) is 0.153. The van der Waals surface area contributed by atoms with Crippen molar-refractivity contribution in [1.29, 1.82) is 0 Å². The number of aromatic nitrogens is 1. The van der Waals surface area contributed by atoms with Gasteiger partial charge in [0.15, 0.2) is 0 Å². The lowest BCUT2D eigenvalue weighted by molar-refractivity contribution is -0.141. The summed E-state index contributed by atoms with van der Waals surface area (Å²) in [7, 11) is -4.52. The van der Waals surface area contributed by atoms with E-state index in [9.17, 15) is 22.8 Å². The summed E-state index contributed by atoms with van der Waals surface area (Å²) in [6.45, 7) is 9.83. The number of sulfonamides is 1. The number of ether oxygens (including phenoxy) is 3. The third-order valence-corrected chi connectivity index (χ3v) is 14.6. The van der Waals surface area contributed by atoms with Crippen LogP contribution >= 0.6 is 23.2 Å². The Hall–Kier alpha value is -5.41. The Morgan fingerprint density at radius 3 is 2.05 bits per heavy atom. The molecule has 3 amide bonds. The second-order valence-corrected chi connectivity index (χ2v) is 20.0. The first-order chi connectivity index (χ1) is 30.4. The first-order valence-electron chi connectivity index (χ1n) is 21.3. The number of halogens is 2. The average molecular weight is 929 g/mol. The number of carbonyl (C=O) groups is 3. The number of nitrogens with one attached hydrogen (secondary N) is 1. The summed E-state index contributed by atoms with van der Waals surface area (Å²) in [6, 6.07) is 26.5. The molecule has 64 heavy (non-hydrogen) atoms. The summed E-state index contributed by atoms with van der Waals surface area (Å²) < 4.78 is 49.5. The molecule has 0 spiro atoms. The minimum Gasteiger partial charge on any atom is -0.487 e. The molecule has 1 N–H and O–H groups in total. The fourth-order valence-electron chi connectivity index (χ4n) is 8.89. The molecule has 8 rings (SSSR count). The number of nitrogens with zero attached hydrogens (tertiary/aromatic N) is 4. The van der Waals surface area contributed by atoms with E-state index in [0.29, 0.717) is 11.3 Å². The molecule has 2 saturated heterocycles. The molecule has 3 aliphatic rings. The number of fused-ring (bicyclic) bond motifs is 4. The average Bonchev–Trinajstić information content (AvgIpc) is 3.58. The van der Waals surface area contributed by atoms with Gasteiger partial charge in [-0.15, -0.1) is 0 Å². The van der Waals surface area contributed by atoms with E-state index in [-0.39, 0.29) is 91.7 Å². The van der Waals surface area contributed by atoms with Crippen molar-refractivity contribution < 1.29 is 37.0 Å². The number of aryl methyl sites for hydroxylation is 2. The lowest BCUT2D eigenvalue weighted by Gasteiger charge is -2.45. The SMILES string of the molecule is Cc1cc(C)c2cccc(OCc3c(Cl)ccc(S(=O)(=O)NC4(C(=O)N5CCN(C(=O)OCC6c7ccccc7-c7ccccc76)CC5)CCN(C(=O)OC(C)(C)C)CC4)c3Cl)c2n1. The summed E-state index contributed by atoms with van der Waals surface area (Å²) in [5, 5.41) is 0.938. The summed E-state index contributed by atoms with van der Waals surface area (Å²) in [5.74, 6) is -0.107. The molecule has 16 heteroatoms. The van der Waals surface area contributed by atoms with Crippen molar-refractivity contribution in [2.45, 2.75) is 76.0 Å². The number of benzene rings is 4. The Balaban J connectivity index is 0.987. The molecule has 336 valence electrons. The highest BCUT2D eigenvalue weighted by Crippen LogP contribution is 2.45. The van der Waals surface area contributed by atoms with Gasteiger partial charge in [0.25, 0.3) is 0 Å². The van der Waals surface area contributed by atoms with Crippen molar-refractivity contribution in [1.82, 2.24) is 24.4 Å². The Kier molecular flexibility index (Phi) is 12.6. The van der Waals surface area contributed by atoms with E-state index < -0.39 is 39.3 Å². The number of rotatable bonds is 9. The van der Waals surface area contributed by atoms with E-state index in [1.54, 1.807) is 36.6 Å². The third-order valence-electron chi connectivity index (χ3n) is 12.1. The van der Waals surface area contributed by atoms with E-state index in [1.165, 1.54) is 17.0 Å². The molecular formula is C48H51Cl2N5O8S. The number of hydrogen-bond donors (Lipinski definition) is 1. The van der Waals surface area contributed by atoms with Crippen molar-refractivity contribution in [2.24, 2.45) is 0 Å². The van der Waals surface area contributed by atoms with Crippen molar-refractivity contribution in [3.63, 3.8) is 0 Å². The first-order valence-corrected chi connectivity index (χ1v) is 23.6. The maximum absolute atomic E-state index is 14.8. The molecule has 0 bridgehead atoms. The lowest BCUT2D eigenvalue weighted by atomic mass is 9.87. The van der Waals surface area contributed by atoms with Gasteiger partial charge in [-0.05, 0) is 99.5 Å². The van der Waals surface area contributed by atoms with Crippen LogP contribution < -0.4 is 9.46 Å². The first kappa shape index (κ1) is 45.2. The van der Waals surface area contributed by atoms with E-state index in [4.69, 9.17) is 37.4 Å². The van der Waals surface area contributed by atoms with E-state index in [1.807, 2.05) is 56.3 Å². The summed E-state index contributed by atoms with van der Waals surface area (Å²) in [6.07, 6.45) is -1.16. The highest BCUT2D eigenvalue weighted by Gasteiger charge is 2.49. The van der Waals surface area contributed by atoms with Gasteiger partial charge in [0, 0.05) is 66.9 Å². The van der Waals surface area contributed by atoms with Crippen LogP contribution in [0, 0.1) is 13.8 Å². The fraction of sp³-hybridized carbons (Fsp3) is 0.375. The van der Waals surface area contributed by atoms with E-state index in [0.717, 1.165) is 38.9 Å². The van der Waals surface area contributed by atoms with Crippen molar-refractivity contribution in [3.05, 3.63) is 123 Å². The number of piperidine rings is 1. The number of hydrogen-bond acceptors (Lipinski definition) is 9. The van der Waals surface area contributed by atoms with Crippen molar-refractivity contribution in [3.8, 4) is 16.9 Å². The normalized spacial score (nSPS) is 16.3. The largest absolute Gasteiger partial charge is 0.487 e. The smallest absolute Gasteiger partial charge is 0.410 e. The predicted molar refractivity (Wildman–Crippen MR) is 245 cm³/mol. The van der Waals surface area contributed by atoms with Crippen LogP contribution in [0.5, 0.6) is 5.75 Å². The molecular weight excluding hydrogens is 878 g/mol. The zero-order valence-electron chi connectivity index (χ0n) is 36.5. The highest BCUT2D eigenvalue weighted by atomic mass is 35.5. The lowest BCUT2D eigenvalue weighted by Crippen LogP contribution is -2.66. The van der Waals surface area contributed by atoms with Gasteiger partial charge >= 0.3 is 12.2 Å². The minimum atomic E-state index is -4.52. The molecule has 0 unspecified atom stereocenters. The number of pyridine rings is 1. The third kappa shape index (κ3) is 9.10. The van der Waals surface area contributed by atoms with Crippen molar-refractivity contribution >= 4 is 62.2 Å². The predicted octanol–water partition coefficient (Wildman–Crippen LogP) is 8.88. The van der Waals surface area contributed by atoms with Gasteiger partial charge in [0.2, 0.25) is 15.9 Å². The van der Waals surface area contributed by atoms with Gasteiger partial charge in [0.1, 0.15) is 40.5 Å². The molecule has 2 aliphatic heterocycles. The zero-order valence-corrected chi connectivity index (χ0v) is 38.8. The molecule has 0 saturated carbocycles. The van der Waals surface area contributed by atoms with Crippen LogP contribution in [0.2, 0.25) is 10.0 Å². The van der Waals surface area contributed by atoms with Crippen molar-refractivity contribution in [2.75, 3.05) is 45.9 Å². The van der Waals surface area contributed by atoms with Crippen LogP contribution in [0.4, 0.5) is 9.59 Å². The molecule has 5 aromatic rings. The molecule has 13 nitrogen and oxygen atoms in total. The number of piperazine rings is 1. The minimum absolute atomic E-state index is 0.0361. The fourth-order valence-corrected chi connectivity index (χ4v) is 11.2. The van der Waals surface area contributed by atoms with Gasteiger partial charge in [-0.3, -0.25) is 4.79 Å². The van der Waals surface area contributed by atoms with Gasteiger partial charge < -0.3 is 28.9 Å². The van der Waals surface area contributed by atoms with Crippen LogP contribution in [0.3, 0.4) is 0 Å². The number of likely N-dealkylation sites (tertiary alicyclic amines) is 1. The monoisotopic (exact) mass is 927 g/mol. The second kappa shape index (κ2) is 17.9. The highest BCUT2D eigenvalue weighted by molar-refractivity contribution is 7.89. The molecule has 1 aromatic heterocycles. The Morgan fingerprint density at radius 1 is 0.797 bits per heavy atom. The van der Waals surface area contributed by atoms with Crippen LogP contribution in [0.15, 0.2) is 89.8 Å². The molecule has 2 fully saturated rings. The second-order valence-electron chi connectivity index (χ2n) is 17.6. The molecule has 0 atom stereocenters. The number of carbonyl (C=O) groups excluding carboxylic acids is 3. The number of para-hydroxylation sites is 1. The van der Waals surface area contributed by atoms with Crippen LogP contribution in [0.25, 0.3) is 22.0 Å². The zero-order chi connectivity index (χ0) is 45.6. The standard InChI is InChI=1S/C48H51Cl2N5O8S/c1-30-27-31(2)51-43-32(30)15-10-16-40(43)61-29-38-39(49)17-18-41(42(38)50)64(59,60)52-48(19-21-54(22-20-48)46(58)63-47(3,4)5)44(56)53-23-25-55(26-24-53)45(57)62-28-37-35-13-8-6-11-33(35)34-12-7-9-14-36(34)37/h6-18,27,37,52H,19-26,28-29H2,1-5H3. The Bertz CT molecular complexity index is 2700. The molecule has 3 heterocycles. The summed E-state index contributed by atoms with van der Waals surface area (Å²) >= 11 is 13.5. The Morgan fingerprint density at radius 2 is 1.41 bits per heavy atom. The van der Waals surface area contributed by atoms with Gasteiger partial charge in [-0.2, -0.15) is 4.72 Å². The van der Waals surface area contributed by atoms with Gasteiger partial charge in [-0.25, -0.2) is 23.0 Å². The van der Waals surface area contributed by atoms with Crippen LogP contribution in [-0.2, 0) is 30.9 Å². The van der Waals surface area contributed by atoms with Gasteiger partial charge in [-0.1, -0.05) is 83.9 Å². The van der Waals surface area contributed by atoms with E-state index in [2.05, 4.69) is 34.0 Å². The summed E-state index contributed by atoms with van der Waals surface area (Å²) in [4.78, 5) is 50.3. The number of amides is 3. The molecule has 0 radical (unpaired) electrons. The summed E-state index contributed by atoms with van der Waals surface area (Å²) in [5.41, 5.74) is 4.75. The van der Waals surface area contributed by atoms with Crippen LogP contribution in [-0.4, -0.2) is 103 Å². The molecule has 1 aliphatic carbocycles.